The topological polar surface area (TPSA) is 27.8 Å². The number of H-pyrrole nitrogens is 1. The van der Waals surface area contributed by atoms with Gasteiger partial charge in [0.25, 0.3) is 0 Å². The van der Waals surface area contributed by atoms with E-state index in [2.05, 4.69) is 53.6 Å². The number of benzene rings is 1. The molecule has 1 unspecified atom stereocenters. The summed E-state index contributed by atoms with van der Waals surface area (Å²) >= 11 is 0. The van der Waals surface area contributed by atoms with E-state index in [1.54, 1.807) is 0 Å². The SMILES string of the molecule is CC1=CCC(c2cc3ccccc3[nH]2)NC1. The number of aromatic nitrogens is 1. The van der Waals surface area contributed by atoms with Gasteiger partial charge >= 0.3 is 0 Å². The molecule has 1 aliphatic rings. The summed E-state index contributed by atoms with van der Waals surface area (Å²) in [4.78, 5) is 3.49. The molecule has 2 heteroatoms. The summed E-state index contributed by atoms with van der Waals surface area (Å²) in [5.41, 5.74) is 3.96. The lowest BCUT2D eigenvalue weighted by Crippen LogP contribution is -2.26. The molecular weight excluding hydrogens is 196 g/mol. The number of hydrogen-bond donors (Lipinski definition) is 2. The van der Waals surface area contributed by atoms with Crippen LogP contribution in [0.4, 0.5) is 0 Å². The Morgan fingerprint density at radius 3 is 2.88 bits per heavy atom. The second-order valence-corrected chi connectivity index (χ2v) is 4.53. The number of nitrogens with one attached hydrogen (secondary N) is 2. The lowest BCUT2D eigenvalue weighted by Gasteiger charge is -2.21. The van der Waals surface area contributed by atoms with Crippen LogP contribution >= 0.6 is 0 Å². The third kappa shape index (κ3) is 1.65. The molecular formula is C14H16N2. The Bertz CT molecular complexity index is 503. The van der Waals surface area contributed by atoms with Crippen molar-refractivity contribution in [3.63, 3.8) is 0 Å². The lowest BCUT2D eigenvalue weighted by molar-refractivity contribution is 0.532. The van der Waals surface area contributed by atoms with Gasteiger partial charge in [-0.3, -0.25) is 0 Å². The number of aromatic amines is 1. The van der Waals surface area contributed by atoms with Gasteiger partial charge in [0, 0.05) is 17.8 Å². The highest BCUT2D eigenvalue weighted by molar-refractivity contribution is 5.80. The summed E-state index contributed by atoms with van der Waals surface area (Å²) in [6.45, 7) is 3.18. The summed E-state index contributed by atoms with van der Waals surface area (Å²) < 4.78 is 0. The van der Waals surface area contributed by atoms with Crippen LogP contribution in [0.25, 0.3) is 10.9 Å². The van der Waals surface area contributed by atoms with Crippen molar-refractivity contribution in [2.75, 3.05) is 6.54 Å². The molecule has 0 spiro atoms. The number of para-hydroxylation sites is 1. The highest BCUT2D eigenvalue weighted by Crippen LogP contribution is 2.24. The molecule has 0 amide bonds. The molecule has 0 saturated carbocycles. The van der Waals surface area contributed by atoms with Crippen LogP contribution in [0.3, 0.4) is 0 Å². The normalized spacial score (nSPS) is 21.1. The van der Waals surface area contributed by atoms with Crippen molar-refractivity contribution in [3.8, 4) is 0 Å². The molecule has 0 saturated heterocycles. The Labute approximate surface area is 95.4 Å². The summed E-state index contributed by atoms with van der Waals surface area (Å²) in [6.07, 6.45) is 3.41. The Morgan fingerprint density at radius 2 is 2.12 bits per heavy atom. The van der Waals surface area contributed by atoms with Gasteiger partial charge in [0.05, 0.1) is 6.04 Å². The summed E-state index contributed by atoms with van der Waals surface area (Å²) in [6, 6.07) is 11.1. The zero-order valence-corrected chi connectivity index (χ0v) is 9.46. The van der Waals surface area contributed by atoms with E-state index >= 15 is 0 Å². The molecule has 3 rings (SSSR count). The molecule has 82 valence electrons. The first kappa shape index (κ1) is 9.67. The van der Waals surface area contributed by atoms with Crippen molar-refractivity contribution < 1.29 is 0 Å². The Hall–Kier alpha value is -1.54. The molecule has 2 aromatic rings. The average molecular weight is 212 g/mol. The van der Waals surface area contributed by atoms with Crippen LogP contribution in [0.5, 0.6) is 0 Å². The van der Waals surface area contributed by atoms with Gasteiger partial charge in [0.2, 0.25) is 0 Å². The van der Waals surface area contributed by atoms with Crippen molar-refractivity contribution in [1.29, 1.82) is 0 Å². The Balaban J connectivity index is 1.94. The average Bonchev–Trinajstić information content (AvgIpc) is 2.73. The maximum atomic E-state index is 3.55. The number of hydrogen-bond acceptors (Lipinski definition) is 1. The summed E-state index contributed by atoms with van der Waals surface area (Å²) in [5.74, 6) is 0. The molecule has 2 heterocycles. The van der Waals surface area contributed by atoms with Crippen molar-refractivity contribution in [2.24, 2.45) is 0 Å². The molecule has 1 atom stereocenters. The highest BCUT2D eigenvalue weighted by Gasteiger charge is 2.15. The molecule has 2 N–H and O–H groups in total. The Morgan fingerprint density at radius 1 is 1.25 bits per heavy atom. The molecule has 0 radical (unpaired) electrons. The van der Waals surface area contributed by atoms with Gasteiger partial charge in [-0.25, -0.2) is 0 Å². The van der Waals surface area contributed by atoms with Crippen LogP contribution in [0.2, 0.25) is 0 Å². The number of rotatable bonds is 1. The lowest BCUT2D eigenvalue weighted by atomic mass is 10.0. The third-order valence-electron chi connectivity index (χ3n) is 3.26. The van der Waals surface area contributed by atoms with Crippen molar-refractivity contribution in [1.82, 2.24) is 10.3 Å². The van der Waals surface area contributed by atoms with E-state index in [4.69, 9.17) is 0 Å². The smallest absolute Gasteiger partial charge is 0.0510 e. The van der Waals surface area contributed by atoms with Crippen LogP contribution in [0.1, 0.15) is 25.1 Å². The second kappa shape index (κ2) is 3.80. The van der Waals surface area contributed by atoms with Crippen LogP contribution in [0.15, 0.2) is 42.0 Å². The zero-order chi connectivity index (χ0) is 11.0. The van der Waals surface area contributed by atoms with E-state index in [1.165, 1.54) is 22.2 Å². The predicted octanol–water partition coefficient (Wildman–Crippen LogP) is 3.15. The maximum absolute atomic E-state index is 3.55. The van der Waals surface area contributed by atoms with Gasteiger partial charge < -0.3 is 10.3 Å². The summed E-state index contributed by atoms with van der Waals surface area (Å²) in [5, 5.41) is 4.84. The molecule has 1 aromatic carbocycles. The van der Waals surface area contributed by atoms with Gasteiger partial charge in [-0.1, -0.05) is 29.8 Å². The molecule has 2 nitrogen and oxygen atoms in total. The molecule has 1 aliphatic heterocycles. The standard InChI is InChI=1S/C14H16N2/c1-10-6-7-13(15-9-10)14-8-11-4-2-3-5-12(11)16-14/h2-6,8,13,15-16H,7,9H2,1H3. The van der Waals surface area contributed by atoms with Crippen LogP contribution in [-0.4, -0.2) is 11.5 Å². The van der Waals surface area contributed by atoms with Gasteiger partial charge in [0.15, 0.2) is 0 Å². The van der Waals surface area contributed by atoms with Crippen LogP contribution < -0.4 is 5.32 Å². The quantitative estimate of drug-likeness (QED) is 0.698. The zero-order valence-electron chi connectivity index (χ0n) is 9.46. The maximum Gasteiger partial charge on any atom is 0.0510 e. The minimum atomic E-state index is 0.441. The summed E-state index contributed by atoms with van der Waals surface area (Å²) in [7, 11) is 0. The highest BCUT2D eigenvalue weighted by atomic mass is 14.9. The van der Waals surface area contributed by atoms with E-state index in [-0.39, 0.29) is 0 Å². The van der Waals surface area contributed by atoms with Crippen molar-refractivity contribution in [2.45, 2.75) is 19.4 Å². The fraction of sp³-hybridized carbons (Fsp3) is 0.286. The molecule has 16 heavy (non-hydrogen) atoms. The van der Waals surface area contributed by atoms with Crippen molar-refractivity contribution in [3.05, 3.63) is 47.7 Å². The Kier molecular flexibility index (Phi) is 2.29. The van der Waals surface area contributed by atoms with Gasteiger partial charge in [-0.15, -0.1) is 0 Å². The first-order chi connectivity index (χ1) is 7.83. The van der Waals surface area contributed by atoms with E-state index < -0.39 is 0 Å². The van der Waals surface area contributed by atoms with E-state index in [0.29, 0.717) is 6.04 Å². The number of fused-ring (bicyclic) bond motifs is 1. The van der Waals surface area contributed by atoms with Crippen LogP contribution in [0, 0.1) is 0 Å². The van der Waals surface area contributed by atoms with E-state index in [1.807, 2.05) is 0 Å². The molecule has 0 fully saturated rings. The van der Waals surface area contributed by atoms with E-state index in [9.17, 15) is 0 Å². The predicted molar refractivity (Wildman–Crippen MR) is 67.4 cm³/mol. The minimum Gasteiger partial charge on any atom is -0.357 e. The fourth-order valence-electron chi connectivity index (χ4n) is 2.28. The van der Waals surface area contributed by atoms with Gasteiger partial charge in [-0.05, 0) is 30.9 Å². The molecule has 0 aliphatic carbocycles. The van der Waals surface area contributed by atoms with E-state index in [0.717, 1.165) is 13.0 Å². The van der Waals surface area contributed by atoms with Crippen molar-refractivity contribution >= 4 is 10.9 Å². The first-order valence-electron chi connectivity index (χ1n) is 5.79. The minimum absolute atomic E-state index is 0.441. The van der Waals surface area contributed by atoms with Gasteiger partial charge in [-0.2, -0.15) is 0 Å². The second-order valence-electron chi connectivity index (χ2n) is 4.53. The first-order valence-corrected chi connectivity index (χ1v) is 5.79. The molecule has 0 bridgehead atoms. The van der Waals surface area contributed by atoms with Gasteiger partial charge in [0.1, 0.15) is 0 Å². The monoisotopic (exact) mass is 212 g/mol. The third-order valence-corrected chi connectivity index (χ3v) is 3.26. The fourth-order valence-corrected chi connectivity index (χ4v) is 2.28. The molecule has 1 aromatic heterocycles. The largest absolute Gasteiger partial charge is 0.357 e. The van der Waals surface area contributed by atoms with Crippen LogP contribution in [-0.2, 0) is 0 Å².